The van der Waals surface area contributed by atoms with Gasteiger partial charge in [0.2, 0.25) is 0 Å². The van der Waals surface area contributed by atoms with Gasteiger partial charge in [-0.3, -0.25) is 10.1 Å². The number of alkyl halides is 1. The van der Waals surface area contributed by atoms with Crippen LogP contribution in [0.4, 0.5) is 10.2 Å². The molecule has 0 aliphatic carbocycles. The number of aromatic nitrogens is 1. The van der Waals surface area contributed by atoms with Crippen molar-refractivity contribution >= 4 is 5.82 Å². The molecule has 0 atom stereocenters. The van der Waals surface area contributed by atoms with Crippen LogP contribution in [0.1, 0.15) is 17.7 Å². The number of rotatable bonds is 3. The van der Waals surface area contributed by atoms with Crippen LogP contribution in [0.3, 0.4) is 0 Å². The first-order valence-corrected chi connectivity index (χ1v) is 4.06. The van der Waals surface area contributed by atoms with Crippen LogP contribution >= 0.6 is 0 Å². The molecule has 2 nitrogen and oxygen atoms in total. The Kier molecular flexibility index (Phi) is 3.02. The minimum atomic E-state index is -0.276. The second kappa shape index (κ2) is 4.04. The van der Waals surface area contributed by atoms with E-state index in [2.05, 4.69) is 4.98 Å². The van der Waals surface area contributed by atoms with Crippen LogP contribution in [-0.4, -0.2) is 6.67 Å². The molecular formula is C9H14FN2+. The van der Waals surface area contributed by atoms with Gasteiger partial charge in [-0.25, -0.2) is 4.98 Å². The molecule has 1 rings (SSSR count). The van der Waals surface area contributed by atoms with E-state index in [1.54, 1.807) is 0 Å². The quantitative estimate of drug-likeness (QED) is 0.727. The SMILES string of the molecule is Cc1cc(N)[nH+]c(CCCF)c1. The fourth-order valence-corrected chi connectivity index (χ4v) is 1.21. The third-order valence-corrected chi connectivity index (χ3v) is 1.67. The van der Waals surface area contributed by atoms with Crippen molar-refractivity contribution in [3.05, 3.63) is 23.4 Å². The van der Waals surface area contributed by atoms with E-state index in [9.17, 15) is 4.39 Å². The van der Waals surface area contributed by atoms with E-state index >= 15 is 0 Å². The van der Waals surface area contributed by atoms with Crippen LogP contribution in [0.5, 0.6) is 0 Å². The number of H-pyrrole nitrogens is 1. The molecule has 0 aromatic carbocycles. The lowest BCUT2D eigenvalue weighted by atomic mass is 10.2. The highest BCUT2D eigenvalue weighted by atomic mass is 19.1. The van der Waals surface area contributed by atoms with Crippen LogP contribution in [-0.2, 0) is 6.42 Å². The molecule has 1 heterocycles. The van der Waals surface area contributed by atoms with E-state index in [1.807, 2.05) is 19.1 Å². The van der Waals surface area contributed by atoms with Crippen molar-refractivity contribution in [3.63, 3.8) is 0 Å². The van der Waals surface area contributed by atoms with Crippen molar-refractivity contribution in [1.29, 1.82) is 0 Å². The summed E-state index contributed by atoms with van der Waals surface area (Å²) >= 11 is 0. The zero-order valence-electron chi connectivity index (χ0n) is 7.23. The molecule has 0 amide bonds. The first kappa shape index (κ1) is 8.97. The molecule has 1 aromatic rings. The highest BCUT2D eigenvalue weighted by molar-refractivity contribution is 5.27. The Balaban J connectivity index is 2.72. The first-order valence-electron chi connectivity index (χ1n) is 4.06. The van der Waals surface area contributed by atoms with Gasteiger partial charge in [0.25, 0.3) is 5.82 Å². The number of hydrogen-bond donors (Lipinski definition) is 1. The number of nitrogens with one attached hydrogen (secondary N) is 1. The molecule has 66 valence electrons. The lowest BCUT2D eigenvalue weighted by Crippen LogP contribution is -2.16. The van der Waals surface area contributed by atoms with Gasteiger partial charge >= 0.3 is 0 Å². The lowest BCUT2D eigenvalue weighted by molar-refractivity contribution is -0.373. The maximum absolute atomic E-state index is 11.8. The van der Waals surface area contributed by atoms with Crippen molar-refractivity contribution in [2.24, 2.45) is 0 Å². The topological polar surface area (TPSA) is 40.2 Å². The fourth-order valence-electron chi connectivity index (χ4n) is 1.21. The Morgan fingerprint density at radius 2 is 2.25 bits per heavy atom. The molecule has 0 saturated carbocycles. The molecular weight excluding hydrogens is 155 g/mol. The maximum Gasteiger partial charge on any atom is 0.270 e. The molecule has 3 heteroatoms. The molecule has 3 N–H and O–H groups in total. The molecule has 0 saturated heterocycles. The van der Waals surface area contributed by atoms with Gasteiger partial charge in [0.05, 0.1) is 6.67 Å². The minimum Gasteiger partial charge on any atom is -0.287 e. The number of halogens is 1. The maximum atomic E-state index is 11.8. The minimum absolute atomic E-state index is 0.276. The van der Waals surface area contributed by atoms with Crippen LogP contribution < -0.4 is 10.7 Å². The molecule has 0 spiro atoms. The summed E-state index contributed by atoms with van der Waals surface area (Å²) < 4.78 is 11.8. The lowest BCUT2D eigenvalue weighted by Gasteiger charge is -1.97. The summed E-state index contributed by atoms with van der Waals surface area (Å²) in [4.78, 5) is 2.99. The van der Waals surface area contributed by atoms with Crippen molar-refractivity contribution in [3.8, 4) is 0 Å². The Morgan fingerprint density at radius 1 is 1.50 bits per heavy atom. The van der Waals surface area contributed by atoms with Crippen LogP contribution in [0.15, 0.2) is 12.1 Å². The Bertz CT molecular complexity index is 240. The standard InChI is InChI=1S/C9H13FN2/c1-7-5-8(3-2-4-10)12-9(11)6-7/h5-6H,2-4H2,1H3,(H2,11,12)/p+1. The van der Waals surface area contributed by atoms with Gasteiger partial charge in [-0.05, 0) is 25.0 Å². The second-order valence-corrected chi connectivity index (χ2v) is 2.93. The molecule has 0 fully saturated rings. The van der Waals surface area contributed by atoms with Crippen molar-refractivity contribution in [2.45, 2.75) is 19.8 Å². The predicted molar refractivity (Wildman–Crippen MR) is 46.4 cm³/mol. The third-order valence-electron chi connectivity index (χ3n) is 1.67. The number of nitrogen functional groups attached to an aromatic ring is 1. The van der Waals surface area contributed by atoms with Gasteiger partial charge < -0.3 is 0 Å². The average Bonchev–Trinajstić information content (AvgIpc) is 1.99. The normalized spacial score (nSPS) is 10.2. The highest BCUT2D eigenvalue weighted by Gasteiger charge is 2.01. The Hall–Kier alpha value is -1.12. The zero-order valence-corrected chi connectivity index (χ0v) is 7.23. The van der Waals surface area contributed by atoms with Crippen molar-refractivity contribution in [1.82, 2.24) is 0 Å². The molecule has 12 heavy (non-hydrogen) atoms. The molecule has 0 unspecified atom stereocenters. The molecule has 1 aromatic heterocycles. The van der Waals surface area contributed by atoms with Gasteiger partial charge in [-0.15, -0.1) is 0 Å². The van der Waals surface area contributed by atoms with Gasteiger partial charge in [0.1, 0.15) is 5.69 Å². The van der Waals surface area contributed by atoms with Gasteiger partial charge in [-0.2, -0.15) is 0 Å². The Labute approximate surface area is 71.6 Å². The largest absolute Gasteiger partial charge is 0.287 e. The average molecular weight is 169 g/mol. The predicted octanol–water partition coefficient (Wildman–Crippen LogP) is 1.29. The fraction of sp³-hybridized carbons (Fsp3) is 0.444. The molecule has 0 radical (unpaired) electrons. The summed E-state index contributed by atoms with van der Waals surface area (Å²) in [6, 6.07) is 3.85. The van der Waals surface area contributed by atoms with Crippen molar-refractivity contribution < 1.29 is 9.37 Å². The zero-order chi connectivity index (χ0) is 8.97. The van der Waals surface area contributed by atoms with E-state index in [-0.39, 0.29) is 6.67 Å². The van der Waals surface area contributed by atoms with Gasteiger partial charge in [-0.1, -0.05) is 0 Å². The van der Waals surface area contributed by atoms with Crippen LogP contribution in [0.2, 0.25) is 0 Å². The van der Waals surface area contributed by atoms with E-state index in [0.717, 1.165) is 17.7 Å². The number of anilines is 1. The number of hydrogen-bond acceptors (Lipinski definition) is 1. The monoisotopic (exact) mass is 169 g/mol. The summed E-state index contributed by atoms with van der Waals surface area (Å²) in [6.07, 6.45) is 1.28. The number of nitrogens with two attached hydrogens (primary N) is 1. The molecule has 0 aliphatic rings. The first-order chi connectivity index (χ1) is 5.72. The third kappa shape index (κ3) is 2.49. The van der Waals surface area contributed by atoms with Crippen molar-refractivity contribution in [2.75, 3.05) is 12.4 Å². The van der Waals surface area contributed by atoms with E-state index in [4.69, 9.17) is 5.73 Å². The summed E-state index contributed by atoms with van der Waals surface area (Å²) in [5.41, 5.74) is 7.70. The van der Waals surface area contributed by atoms with E-state index in [0.29, 0.717) is 12.2 Å². The van der Waals surface area contributed by atoms with Crippen LogP contribution in [0, 0.1) is 6.92 Å². The van der Waals surface area contributed by atoms with Gasteiger partial charge in [0, 0.05) is 12.5 Å². The summed E-state index contributed by atoms with van der Waals surface area (Å²) in [5.74, 6) is 0.642. The molecule has 0 aliphatic heterocycles. The van der Waals surface area contributed by atoms with E-state index < -0.39 is 0 Å². The van der Waals surface area contributed by atoms with Crippen LogP contribution in [0.25, 0.3) is 0 Å². The smallest absolute Gasteiger partial charge is 0.270 e. The Morgan fingerprint density at radius 3 is 2.83 bits per heavy atom. The van der Waals surface area contributed by atoms with E-state index in [1.165, 1.54) is 0 Å². The summed E-state index contributed by atoms with van der Waals surface area (Å²) in [7, 11) is 0. The highest BCUT2D eigenvalue weighted by Crippen LogP contribution is 2.03. The second-order valence-electron chi connectivity index (χ2n) is 2.93. The number of aryl methyl sites for hydroxylation is 2. The summed E-state index contributed by atoms with van der Waals surface area (Å²) in [5, 5.41) is 0. The number of aromatic amines is 1. The number of pyridine rings is 1. The van der Waals surface area contributed by atoms with Gasteiger partial charge in [0.15, 0.2) is 0 Å². The summed E-state index contributed by atoms with van der Waals surface area (Å²) in [6.45, 7) is 1.70. The molecule has 0 bridgehead atoms.